The molecule has 0 aliphatic carbocycles. The fraction of sp³-hybridized carbons (Fsp3) is 0.588. The van der Waals surface area contributed by atoms with E-state index in [9.17, 15) is 4.79 Å². The van der Waals surface area contributed by atoms with Crippen molar-refractivity contribution in [1.82, 2.24) is 4.90 Å². The van der Waals surface area contributed by atoms with Crippen molar-refractivity contribution >= 4 is 5.91 Å². The topological polar surface area (TPSA) is 29.5 Å². The molecule has 0 N–H and O–H groups in total. The fourth-order valence-electron chi connectivity index (χ4n) is 2.18. The van der Waals surface area contributed by atoms with Crippen molar-refractivity contribution in [1.29, 1.82) is 0 Å². The molecule has 1 aromatic carbocycles. The molecule has 0 saturated heterocycles. The van der Waals surface area contributed by atoms with Gasteiger partial charge in [-0.2, -0.15) is 0 Å². The summed E-state index contributed by atoms with van der Waals surface area (Å²) in [5, 5.41) is 0. The molecule has 0 radical (unpaired) electrons. The summed E-state index contributed by atoms with van der Waals surface area (Å²) in [5.41, 5.74) is 3.11. The maximum Gasteiger partial charge on any atom is 0.255 e. The molecule has 3 nitrogen and oxygen atoms in total. The molecule has 0 spiro atoms. The van der Waals surface area contributed by atoms with Gasteiger partial charge in [0.05, 0.1) is 0 Å². The van der Waals surface area contributed by atoms with E-state index in [4.69, 9.17) is 4.74 Å². The van der Waals surface area contributed by atoms with Crippen LogP contribution in [0.1, 0.15) is 61.0 Å². The van der Waals surface area contributed by atoms with Crippen LogP contribution in [0.2, 0.25) is 0 Å². The number of methoxy groups -OCH3 is 1. The molecule has 0 aliphatic rings. The lowest BCUT2D eigenvalue weighted by atomic mass is 9.97. The number of nitrogens with zero attached hydrogens (tertiary/aromatic N) is 1. The largest absolute Gasteiger partial charge is 0.364 e. The second kappa shape index (κ2) is 8.05. The number of unbranched alkanes of at least 4 members (excludes halogenated alkanes) is 1. The van der Waals surface area contributed by atoms with E-state index in [1.54, 1.807) is 12.0 Å². The third-order valence-corrected chi connectivity index (χ3v) is 3.37. The van der Waals surface area contributed by atoms with E-state index in [0.29, 0.717) is 12.6 Å². The van der Waals surface area contributed by atoms with Gasteiger partial charge in [-0.1, -0.05) is 38.8 Å². The fourth-order valence-corrected chi connectivity index (χ4v) is 2.18. The Morgan fingerprint density at radius 2 is 2.00 bits per heavy atom. The van der Waals surface area contributed by atoms with Crippen LogP contribution in [0.4, 0.5) is 0 Å². The Morgan fingerprint density at radius 3 is 2.55 bits per heavy atom. The second-order valence-electron chi connectivity index (χ2n) is 5.63. The zero-order chi connectivity index (χ0) is 15.1. The molecule has 0 unspecified atom stereocenters. The van der Waals surface area contributed by atoms with Crippen molar-refractivity contribution in [2.24, 2.45) is 0 Å². The predicted molar refractivity (Wildman–Crippen MR) is 83.1 cm³/mol. The molecule has 20 heavy (non-hydrogen) atoms. The minimum Gasteiger partial charge on any atom is -0.364 e. The summed E-state index contributed by atoms with van der Waals surface area (Å²) in [6, 6.07) is 6.12. The highest BCUT2D eigenvalue weighted by atomic mass is 16.5. The number of aryl methyl sites for hydroxylation is 1. The lowest BCUT2D eigenvalue weighted by molar-refractivity contribution is 0.0413. The average Bonchev–Trinajstić information content (AvgIpc) is 2.42. The molecule has 1 amide bonds. The molecule has 0 atom stereocenters. The molecule has 0 aromatic heterocycles. The van der Waals surface area contributed by atoms with Crippen molar-refractivity contribution in [2.45, 2.75) is 46.5 Å². The Bertz CT molecular complexity index is 441. The van der Waals surface area contributed by atoms with Gasteiger partial charge in [0.25, 0.3) is 5.91 Å². The summed E-state index contributed by atoms with van der Waals surface area (Å²) in [5.74, 6) is 0.485. The van der Waals surface area contributed by atoms with E-state index >= 15 is 0 Å². The second-order valence-corrected chi connectivity index (χ2v) is 5.63. The van der Waals surface area contributed by atoms with E-state index in [-0.39, 0.29) is 5.91 Å². The first kappa shape index (κ1) is 16.7. The highest BCUT2D eigenvalue weighted by Gasteiger charge is 2.16. The molecule has 112 valence electrons. The predicted octanol–water partition coefficient (Wildman–Crippen LogP) is 3.96. The highest BCUT2D eigenvalue weighted by molar-refractivity contribution is 5.94. The van der Waals surface area contributed by atoms with E-state index in [2.05, 4.69) is 26.8 Å². The maximum atomic E-state index is 12.6. The summed E-state index contributed by atoms with van der Waals surface area (Å²) in [4.78, 5) is 14.4. The molecule has 1 rings (SSSR count). The molecule has 1 aromatic rings. The number of hydrogen-bond donors (Lipinski definition) is 0. The van der Waals surface area contributed by atoms with Gasteiger partial charge < -0.3 is 9.64 Å². The summed E-state index contributed by atoms with van der Waals surface area (Å²) < 4.78 is 5.16. The van der Waals surface area contributed by atoms with Crippen molar-refractivity contribution in [3.8, 4) is 0 Å². The number of carbonyl (C=O) groups is 1. The third-order valence-electron chi connectivity index (χ3n) is 3.37. The van der Waals surface area contributed by atoms with Crippen LogP contribution in [0.3, 0.4) is 0 Å². The van der Waals surface area contributed by atoms with Crippen molar-refractivity contribution < 1.29 is 9.53 Å². The van der Waals surface area contributed by atoms with Crippen LogP contribution < -0.4 is 0 Å². The van der Waals surface area contributed by atoms with E-state index in [1.807, 2.05) is 19.1 Å². The van der Waals surface area contributed by atoms with Gasteiger partial charge in [-0.3, -0.25) is 4.79 Å². The lowest BCUT2D eigenvalue weighted by Gasteiger charge is -2.22. The van der Waals surface area contributed by atoms with Crippen LogP contribution in [0.5, 0.6) is 0 Å². The molecule has 0 heterocycles. The van der Waals surface area contributed by atoms with Gasteiger partial charge in [-0.15, -0.1) is 0 Å². The molecular weight excluding hydrogens is 250 g/mol. The first-order valence-electron chi connectivity index (χ1n) is 7.39. The highest BCUT2D eigenvalue weighted by Crippen LogP contribution is 2.19. The summed E-state index contributed by atoms with van der Waals surface area (Å²) in [6.07, 6.45) is 2.07. The zero-order valence-electron chi connectivity index (χ0n) is 13.4. The van der Waals surface area contributed by atoms with Crippen molar-refractivity contribution in [3.05, 3.63) is 34.9 Å². The summed E-state index contributed by atoms with van der Waals surface area (Å²) in [6.45, 7) is 9.55. The Morgan fingerprint density at radius 1 is 1.30 bits per heavy atom. The number of benzene rings is 1. The van der Waals surface area contributed by atoms with Crippen LogP contribution in [-0.4, -0.2) is 31.2 Å². The van der Waals surface area contributed by atoms with Crippen molar-refractivity contribution in [2.75, 3.05) is 20.4 Å². The number of hydrogen-bond acceptors (Lipinski definition) is 2. The smallest absolute Gasteiger partial charge is 0.255 e. The summed E-state index contributed by atoms with van der Waals surface area (Å²) in [7, 11) is 1.63. The zero-order valence-corrected chi connectivity index (χ0v) is 13.4. The third kappa shape index (κ3) is 4.64. The summed E-state index contributed by atoms with van der Waals surface area (Å²) >= 11 is 0. The van der Waals surface area contributed by atoms with Crippen LogP contribution in [0.25, 0.3) is 0 Å². The van der Waals surface area contributed by atoms with Gasteiger partial charge >= 0.3 is 0 Å². The average molecular weight is 277 g/mol. The van der Waals surface area contributed by atoms with Gasteiger partial charge in [0, 0.05) is 19.2 Å². The number of rotatable bonds is 7. The van der Waals surface area contributed by atoms with E-state index in [0.717, 1.165) is 30.5 Å². The Hall–Kier alpha value is -1.35. The van der Waals surface area contributed by atoms with E-state index < -0.39 is 0 Å². The number of carbonyl (C=O) groups excluding carboxylic acids is 1. The molecule has 0 saturated carbocycles. The quantitative estimate of drug-likeness (QED) is 0.706. The van der Waals surface area contributed by atoms with E-state index in [1.165, 1.54) is 5.56 Å². The number of amides is 1. The first-order valence-corrected chi connectivity index (χ1v) is 7.39. The van der Waals surface area contributed by atoms with Gasteiger partial charge in [0.15, 0.2) is 0 Å². The monoisotopic (exact) mass is 277 g/mol. The van der Waals surface area contributed by atoms with Crippen molar-refractivity contribution in [3.63, 3.8) is 0 Å². The van der Waals surface area contributed by atoms with Crippen LogP contribution >= 0.6 is 0 Å². The van der Waals surface area contributed by atoms with Gasteiger partial charge in [-0.05, 0) is 37.0 Å². The van der Waals surface area contributed by atoms with Crippen LogP contribution in [0, 0.1) is 6.92 Å². The Balaban J connectivity index is 2.98. The normalized spacial score (nSPS) is 10.9. The van der Waals surface area contributed by atoms with Crippen LogP contribution in [0.15, 0.2) is 18.2 Å². The molecule has 0 aliphatic heterocycles. The van der Waals surface area contributed by atoms with Gasteiger partial charge in [0.1, 0.15) is 6.73 Å². The molecule has 3 heteroatoms. The first-order chi connectivity index (χ1) is 9.49. The minimum atomic E-state index is 0.0610. The molecule has 0 fully saturated rings. The van der Waals surface area contributed by atoms with Gasteiger partial charge in [0.2, 0.25) is 0 Å². The molecule has 0 bridgehead atoms. The number of ether oxygens (including phenoxy) is 1. The minimum absolute atomic E-state index is 0.0610. The standard InChI is InChI=1S/C17H27NO2/c1-6-7-8-18(12-20-5)17(19)16-10-14(4)9-15(11-16)13(2)3/h9-11,13H,6-8,12H2,1-5H3. The Kier molecular flexibility index (Phi) is 6.73. The Labute approximate surface area is 122 Å². The SMILES string of the molecule is CCCCN(COC)C(=O)c1cc(C)cc(C(C)C)c1. The molecular formula is C17H27NO2. The maximum absolute atomic E-state index is 12.6. The van der Waals surface area contributed by atoms with Gasteiger partial charge in [-0.25, -0.2) is 0 Å². The van der Waals surface area contributed by atoms with Crippen LogP contribution in [-0.2, 0) is 4.74 Å². The lowest BCUT2D eigenvalue weighted by Crippen LogP contribution is -2.33.